The highest BCUT2D eigenvalue weighted by atomic mass is 28.3. The van der Waals surface area contributed by atoms with Gasteiger partial charge in [0.15, 0.2) is 6.23 Å². The summed E-state index contributed by atoms with van der Waals surface area (Å²) in [7, 11) is -0.890. The predicted octanol–water partition coefficient (Wildman–Crippen LogP) is 0.210. The second kappa shape index (κ2) is 4.78. The molecule has 0 spiro atoms. The van der Waals surface area contributed by atoms with Gasteiger partial charge >= 0.3 is 14.9 Å². The molecule has 4 nitrogen and oxygen atoms in total. The van der Waals surface area contributed by atoms with Gasteiger partial charge in [-0.05, 0) is 6.92 Å². The van der Waals surface area contributed by atoms with Crippen molar-refractivity contribution in [3.05, 3.63) is 12.2 Å². The minimum Gasteiger partial charge on any atom is -0.525 e. The molecule has 0 aromatic rings. The van der Waals surface area contributed by atoms with Crippen LogP contribution in [0.4, 0.5) is 0 Å². The third-order valence-electron chi connectivity index (χ3n) is 0.897. The lowest BCUT2D eigenvalue weighted by Crippen LogP contribution is -2.17. The third kappa shape index (κ3) is 4.43. The molecule has 0 aromatic heterocycles. The van der Waals surface area contributed by atoms with Gasteiger partial charge in [-0.1, -0.05) is 6.58 Å². The fourth-order valence-electron chi connectivity index (χ4n) is 0.307. The van der Waals surface area contributed by atoms with Crippen molar-refractivity contribution in [2.75, 3.05) is 13.3 Å². The zero-order valence-corrected chi connectivity index (χ0v) is 7.55. The normalized spacial score (nSPS) is 8.55. The van der Waals surface area contributed by atoms with Crippen molar-refractivity contribution in [2.45, 2.75) is 6.92 Å². The second-order valence-corrected chi connectivity index (χ2v) is 3.37. The number of hydrogen-bond donors (Lipinski definition) is 0. The Hall–Kier alpha value is -0.973. The maximum absolute atomic E-state index is 10.7. The van der Waals surface area contributed by atoms with Crippen molar-refractivity contribution in [1.29, 1.82) is 0 Å². The summed E-state index contributed by atoms with van der Waals surface area (Å²) < 4.78 is 19.5. The molecular weight excluding hydrogens is 164 g/mol. The first-order valence-corrected chi connectivity index (χ1v) is 4.49. The predicted molar refractivity (Wildman–Crippen MR) is 39.2 cm³/mol. The van der Waals surface area contributed by atoms with Crippen LogP contribution in [0.5, 0.6) is 0 Å². The van der Waals surface area contributed by atoms with Gasteiger partial charge in [-0.3, -0.25) is 0 Å². The molecule has 0 heterocycles. The van der Waals surface area contributed by atoms with Crippen molar-refractivity contribution in [2.24, 2.45) is 0 Å². The zero-order valence-electron chi connectivity index (χ0n) is 6.55. The first-order chi connectivity index (χ1) is 5.07. The fraction of sp³-hybridized carbons (Fsp3) is 0.500. The lowest BCUT2D eigenvalue weighted by molar-refractivity contribution is -0.137. The van der Waals surface area contributed by atoms with Crippen LogP contribution in [0.2, 0.25) is 0 Å². The molecule has 5 heteroatoms. The fourth-order valence-corrected chi connectivity index (χ4v) is 0.673. The summed E-state index contributed by atoms with van der Waals surface area (Å²) in [6.07, 6.45) is -0.174. The second-order valence-electron chi connectivity index (χ2n) is 1.93. The highest BCUT2D eigenvalue weighted by Crippen LogP contribution is 1.90. The van der Waals surface area contributed by atoms with E-state index in [0.29, 0.717) is 0 Å². The number of hydrogen-bond acceptors (Lipinski definition) is 4. The molecule has 0 N–H and O–H groups in total. The first kappa shape index (κ1) is 10.0. The molecule has 0 unspecified atom stereocenters. The molecule has 0 aliphatic heterocycles. The van der Waals surface area contributed by atoms with Crippen LogP contribution in [-0.2, 0) is 18.4 Å². The van der Waals surface area contributed by atoms with Crippen LogP contribution >= 0.6 is 0 Å². The molecule has 0 aliphatic rings. The van der Waals surface area contributed by atoms with E-state index in [0.717, 1.165) is 0 Å². The van der Waals surface area contributed by atoms with Crippen LogP contribution in [0, 0.1) is 0 Å². The van der Waals surface area contributed by atoms with Crippen molar-refractivity contribution in [3.63, 3.8) is 0 Å². The smallest absolute Gasteiger partial charge is 0.525 e. The van der Waals surface area contributed by atoms with Gasteiger partial charge in [0.25, 0.3) is 0 Å². The molecular formula is C6H10O4Si. The van der Waals surface area contributed by atoms with Gasteiger partial charge in [0.2, 0.25) is 0 Å². The topological polar surface area (TPSA) is 52.6 Å². The molecule has 11 heavy (non-hydrogen) atoms. The molecule has 0 saturated heterocycles. The highest BCUT2D eigenvalue weighted by Gasteiger charge is 2.09. The highest BCUT2D eigenvalue weighted by molar-refractivity contribution is 6.34. The molecule has 0 atom stereocenters. The van der Waals surface area contributed by atoms with E-state index in [-0.39, 0.29) is 11.8 Å². The van der Waals surface area contributed by atoms with Crippen LogP contribution in [0.1, 0.15) is 6.92 Å². The number of rotatable bonds is 4. The molecule has 0 bridgehead atoms. The minimum atomic E-state index is -2.19. The van der Waals surface area contributed by atoms with E-state index in [1.54, 1.807) is 0 Å². The van der Waals surface area contributed by atoms with Gasteiger partial charge in [-0.15, -0.1) is 0 Å². The van der Waals surface area contributed by atoms with E-state index in [9.17, 15) is 9.26 Å². The molecule has 0 aliphatic carbocycles. The van der Waals surface area contributed by atoms with E-state index in [4.69, 9.17) is 0 Å². The Morgan fingerprint density at radius 1 is 1.64 bits per heavy atom. The van der Waals surface area contributed by atoms with Crippen LogP contribution < -0.4 is 0 Å². The van der Waals surface area contributed by atoms with E-state index in [2.05, 4.69) is 15.7 Å². The molecule has 0 fully saturated rings. The number of esters is 1. The standard InChI is InChI=1S/C6H10O4Si/c1-5(2)6(7)10-4-11(8)9-3/h1,4H2,2-3H3. The average molecular weight is 174 g/mol. The Morgan fingerprint density at radius 2 is 2.18 bits per heavy atom. The largest absolute Gasteiger partial charge is 0.542 e. The third-order valence-corrected chi connectivity index (χ3v) is 1.73. The molecule has 0 radical (unpaired) electrons. The summed E-state index contributed by atoms with van der Waals surface area (Å²) in [4.78, 5) is 10.7. The van der Waals surface area contributed by atoms with Crippen LogP contribution in [-0.4, -0.2) is 28.2 Å². The summed E-state index contributed by atoms with van der Waals surface area (Å²) >= 11 is 0. The van der Waals surface area contributed by atoms with Crippen LogP contribution in [0.3, 0.4) is 0 Å². The van der Waals surface area contributed by atoms with Gasteiger partial charge in [0.05, 0.1) is 7.11 Å². The Morgan fingerprint density at radius 3 is 2.55 bits per heavy atom. The van der Waals surface area contributed by atoms with E-state index >= 15 is 0 Å². The first-order valence-electron chi connectivity index (χ1n) is 2.97. The van der Waals surface area contributed by atoms with E-state index < -0.39 is 14.9 Å². The Balaban J connectivity index is 3.63. The zero-order chi connectivity index (χ0) is 8.85. The summed E-state index contributed by atoms with van der Waals surface area (Å²) in [5.41, 5.74) is 0.288. The summed E-state index contributed by atoms with van der Waals surface area (Å²) in [5.74, 6) is -0.541. The summed E-state index contributed by atoms with van der Waals surface area (Å²) in [5, 5.41) is 0. The Kier molecular flexibility index (Phi) is 4.36. The number of carbonyl (C=O) groups is 1. The molecule has 0 aromatic carbocycles. The molecule has 0 amide bonds. The summed E-state index contributed by atoms with van der Waals surface area (Å²) in [6, 6.07) is 0. The van der Waals surface area contributed by atoms with Crippen molar-refractivity contribution < 1.29 is 18.4 Å². The van der Waals surface area contributed by atoms with Crippen LogP contribution in [0.25, 0.3) is 0 Å². The number of carbonyl (C=O) groups excluding carboxylic acids is 1. The van der Waals surface area contributed by atoms with Crippen LogP contribution in [0.15, 0.2) is 12.2 Å². The molecule has 0 rings (SSSR count). The van der Waals surface area contributed by atoms with Crippen molar-refractivity contribution >= 4 is 14.9 Å². The molecule has 0 saturated carbocycles. The van der Waals surface area contributed by atoms with E-state index in [1.165, 1.54) is 14.0 Å². The van der Waals surface area contributed by atoms with Gasteiger partial charge < -0.3 is 13.6 Å². The lowest BCUT2D eigenvalue weighted by Gasteiger charge is -2.00. The lowest BCUT2D eigenvalue weighted by atomic mass is 10.4. The molecule has 62 valence electrons. The maximum atomic E-state index is 10.7. The van der Waals surface area contributed by atoms with Gasteiger partial charge in [0, 0.05) is 5.57 Å². The van der Waals surface area contributed by atoms with Gasteiger partial charge in [0.1, 0.15) is 0 Å². The van der Waals surface area contributed by atoms with Gasteiger partial charge in [-0.2, -0.15) is 0 Å². The summed E-state index contributed by atoms with van der Waals surface area (Å²) in [6.45, 7) is 4.87. The minimum absolute atomic E-state index is 0.174. The van der Waals surface area contributed by atoms with E-state index in [1.807, 2.05) is 0 Å². The van der Waals surface area contributed by atoms with Crippen molar-refractivity contribution in [3.8, 4) is 0 Å². The Bertz CT molecular complexity index is 187. The maximum Gasteiger partial charge on any atom is 0.542 e. The Labute approximate surface area is 66.6 Å². The monoisotopic (exact) mass is 174 g/mol. The van der Waals surface area contributed by atoms with Gasteiger partial charge in [-0.25, -0.2) is 4.79 Å². The quantitative estimate of drug-likeness (QED) is 0.347. The average Bonchev–Trinajstić information content (AvgIpc) is 1.99. The number of ether oxygens (including phenoxy) is 1. The van der Waals surface area contributed by atoms with Crippen molar-refractivity contribution in [1.82, 2.24) is 0 Å². The SMILES string of the molecule is C=C(C)C(=O)OC[Si](=O)OC.